The molecule has 0 spiro atoms. The van der Waals surface area contributed by atoms with Crippen LogP contribution in [0.25, 0.3) is 0 Å². The van der Waals surface area contributed by atoms with E-state index in [9.17, 15) is 4.79 Å². The van der Waals surface area contributed by atoms with Crippen LogP contribution in [-0.2, 0) is 6.54 Å². The van der Waals surface area contributed by atoms with Gasteiger partial charge in [0.15, 0.2) is 0 Å². The molecular weight excluding hydrogens is 288 g/mol. The number of carbonyl (C=O) groups excluding carboxylic acids is 1. The summed E-state index contributed by atoms with van der Waals surface area (Å²) in [5.74, 6) is 0.0902. The molecule has 0 radical (unpaired) electrons. The Kier molecular flexibility index (Phi) is 4.75. The van der Waals surface area contributed by atoms with Gasteiger partial charge < -0.3 is 10.6 Å². The molecule has 0 saturated carbocycles. The number of anilines is 1. The van der Waals surface area contributed by atoms with E-state index in [0.717, 1.165) is 11.4 Å². The van der Waals surface area contributed by atoms with Crippen LogP contribution >= 0.6 is 11.6 Å². The Balaban J connectivity index is 2.22. The second-order valence-electron chi connectivity index (χ2n) is 4.69. The third-order valence-corrected chi connectivity index (χ3v) is 3.22. The lowest BCUT2D eigenvalue weighted by Crippen LogP contribution is -2.30. The van der Waals surface area contributed by atoms with E-state index in [1.807, 2.05) is 32.0 Å². The van der Waals surface area contributed by atoms with Gasteiger partial charge in [-0.25, -0.2) is 4.98 Å². The Morgan fingerprint density at radius 2 is 2.10 bits per heavy atom. The molecule has 0 aliphatic heterocycles. The van der Waals surface area contributed by atoms with Crippen molar-refractivity contribution in [3.8, 4) is 0 Å². The molecule has 0 fully saturated rings. The Hall–Kier alpha value is -2.14. The van der Waals surface area contributed by atoms with Gasteiger partial charge >= 0.3 is 0 Å². The quantitative estimate of drug-likeness (QED) is 0.882. The molecule has 2 N–H and O–H groups in total. The molecule has 0 saturated heterocycles. The predicted octanol–water partition coefficient (Wildman–Crippen LogP) is 2.68. The average molecular weight is 305 g/mol. The molecule has 0 aliphatic carbocycles. The number of rotatable bonds is 4. The van der Waals surface area contributed by atoms with Crippen molar-refractivity contribution >= 4 is 23.3 Å². The number of pyridine rings is 2. The van der Waals surface area contributed by atoms with Gasteiger partial charge in [0.05, 0.1) is 12.2 Å². The summed E-state index contributed by atoms with van der Waals surface area (Å²) in [6, 6.07) is 8.80. The van der Waals surface area contributed by atoms with Crippen LogP contribution < -0.4 is 5.73 Å². The molecule has 2 rings (SSSR count). The zero-order chi connectivity index (χ0) is 15.4. The molecule has 0 aromatic carbocycles. The van der Waals surface area contributed by atoms with Crippen LogP contribution in [0.2, 0.25) is 5.15 Å². The lowest BCUT2D eigenvalue weighted by Gasteiger charge is -2.21. The first-order valence-electron chi connectivity index (χ1n) is 6.64. The molecule has 5 nitrogen and oxygen atoms in total. The van der Waals surface area contributed by atoms with Crippen LogP contribution in [0, 0.1) is 6.92 Å². The highest BCUT2D eigenvalue weighted by molar-refractivity contribution is 6.29. The van der Waals surface area contributed by atoms with Gasteiger partial charge in [-0.2, -0.15) is 0 Å². The number of hydrogen-bond donors (Lipinski definition) is 1. The summed E-state index contributed by atoms with van der Waals surface area (Å²) >= 11 is 5.85. The number of nitrogens with two attached hydrogens (primary N) is 1. The van der Waals surface area contributed by atoms with Crippen molar-refractivity contribution in [2.45, 2.75) is 20.4 Å². The molecule has 1 amide bonds. The van der Waals surface area contributed by atoms with Crippen molar-refractivity contribution in [3.05, 3.63) is 52.4 Å². The van der Waals surface area contributed by atoms with Crippen LogP contribution in [0.5, 0.6) is 0 Å². The molecule has 110 valence electrons. The topological polar surface area (TPSA) is 72.1 Å². The molecule has 0 unspecified atom stereocenters. The number of halogens is 1. The van der Waals surface area contributed by atoms with Crippen molar-refractivity contribution < 1.29 is 4.79 Å². The van der Waals surface area contributed by atoms with E-state index in [-0.39, 0.29) is 16.9 Å². The minimum atomic E-state index is -0.142. The Bertz CT molecular complexity index is 640. The predicted molar refractivity (Wildman–Crippen MR) is 83.0 cm³/mol. The molecule has 0 aliphatic rings. The average Bonchev–Trinajstić information content (AvgIpc) is 2.43. The summed E-state index contributed by atoms with van der Waals surface area (Å²) in [7, 11) is 0. The van der Waals surface area contributed by atoms with Gasteiger partial charge in [-0.3, -0.25) is 9.78 Å². The van der Waals surface area contributed by atoms with E-state index in [0.29, 0.717) is 18.7 Å². The monoisotopic (exact) mass is 304 g/mol. The summed E-state index contributed by atoms with van der Waals surface area (Å²) in [6.45, 7) is 4.84. The molecule has 0 bridgehead atoms. The SMILES string of the molecule is CCN(Cc1cccc(C)n1)C(=O)c1cc(N)nc(Cl)c1. The Labute approximate surface area is 128 Å². The Morgan fingerprint density at radius 3 is 2.71 bits per heavy atom. The second-order valence-corrected chi connectivity index (χ2v) is 5.08. The number of nitrogens with zero attached hydrogens (tertiary/aromatic N) is 3. The maximum Gasteiger partial charge on any atom is 0.254 e. The number of carbonyl (C=O) groups is 1. The van der Waals surface area contributed by atoms with Crippen molar-refractivity contribution in [2.24, 2.45) is 0 Å². The highest BCUT2D eigenvalue weighted by atomic mass is 35.5. The summed E-state index contributed by atoms with van der Waals surface area (Å²) in [4.78, 5) is 22.5. The minimum absolute atomic E-state index is 0.142. The van der Waals surface area contributed by atoms with Gasteiger partial charge in [-0.15, -0.1) is 0 Å². The zero-order valence-corrected chi connectivity index (χ0v) is 12.8. The van der Waals surface area contributed by atoms with Crippen molar-refractivity contribution in [2.75, 3.05) is 12.3 Å². The summed E-state index contributed by atoms with van der Waals surface area (Å²) in [5, 5.41) is 0.211. The van der Waals surface area contributed by atoms with Crippen LogP contribution in [0.15, 0.2) is 30.3 Å². The first-order chi connectivity index (χ1) is 9.99. The maximum atomic E-state index is 12.5. The standard InChI is InChI=1S/C15H17ClN4O/c1-3-20(9-12-6-4-5-10(2)18-12)15(21)11-7-13(16)19-14(17)8-11/h4-8H,3,9H2,1-2H3,(H2,17,19). The van der Waals surface area contributed by atoms with E-state index < -0.39 is 0 Å². The number of aryl methyl sites for hydroxylation is 1. The van der Waals surface area contributed by atoms with Crippen LogP contribution in [0.4, 0.5) is 5.82 Å². The third kappa shape index (κ3) is 3.92. The third-order valence-electron chi connectivity index (χ3n) is 3.03. The summed E-state index contributed by atoms with van der Waals surface area (Å²) < 4.78 is 0. The summed E-state index contributed by atoms with van der Waals surface area (Å²) in [6.07, 6.45) is 0. The van der Waals surface area contributed by atoms with Gasteiger partial charge in [-0.05, 0) is 38.1 Å². The van der Waals surface area contributed by atoms with Crippen LogP contribution in [0.3, 0.4) is 0 Å². The van der Waals surface area contributed by atoms with Gasteiger partial charge in [0.1, 0.15) is 11.0 Å². The van der Waals surface area contributed by atoms with E-state index in [4.69, 9.17) is 17.3 Å². The van der Waals surface area contributed by atoms with Gasteiger partial charge in [-0.1, -0.05) is 17.7 Å². The van der Waals surface area contributed by atoms with E-state index in [1.165, 1.54) is 12.1 Å². The van der Waals surface area contributed by atoms with Gasteiger partial charge in [0, 0.05) is 17.8 Å². The number of amides is 1. The van der Waals surface area contributed by atoms with Gasteiger partial charge in [0.25, 0.3) is 5.91 Å². The molecule has 0 atom stereocenters. The number of aromatic nitrogens is 2. The lowest BCUT2D eigenvalue weighted by atomic mass is 10.2. The fraction of sp³-hybridized carbons (Fsp3) is 0.267. The first-order valence-corrected chi connectivity index (χ1v) is 7.02. The highest BCUT2D eigenvalue weighted by Gasteiger charge is 2.16. The maximum absolute atomic E-state index is 12.5. The van der Waals surface area contributed by atoms with E-state index in [2.05, 4.69) is 9.97 Å². The molecule has 6 heteroatoms. The van der Waals surface area contributed by atoms with Crippen molar-refractivity contribution in [1.82, 2.24) is 14.9 Å². The number of hydrogen-bond acceptors (Lipinski definition) is 4. The van der Waals surface area contributed by atoms with Crippen molar-refractivity contribution in [3.63, 3.8) is 0 Å². The fourth-order valence-electron chi connectivity index (χ4n) is 2.03. The molecule has 2 heterocycles. The molecule has 2 aromatic rings. The lowest BCUT2D eigenvalue weighted by molar-refractivity contribution is 0.0750. The first kappa shape index (κ1) is 15.3. The summed E-state index contributed by atoms with van der Waals surface area (Å²) in [5.41, 5.74) is 7.83. The van der Waals surface area contributed by atoms with Crippen LogP contribution in [-0.4, -0.2) is 27.3 Å². The Morgan fingerprint density at radius 1 is 1.33 bits per heavy atom. The molecule has 2 aromatic heterocycles. The molecular formula is C15H17ClN4O. The normalized spacial score (nSPS) is 10.4. The molecule has 21 heavy (non-hydrogen) atoms. The largest absolute Gasteiger partial charge is 0.384 e. The smallest absolute Gasteiger partial charge is 0.254 e. The van der Waals surface area contributed by atoms with E-state index in [1.54, 1.807) is 4.90 Å². The number of nitrogen functional groups attached to an aromatic ring is 1. The second kappa shape index (κ2) is 6.54. The van der Waals surface area contributed by atoms with Crippen LogP contribution in [0.1, 0.15) is 28.7 Å². The highest BCUT2D eigenvalue weighted by Crippen LogP contribution is 2.15. The fourth-order valence-corrected chi connectivity index (χ4v) is 2.25. The minimum Gasteiger partial charge on any atom is -0.384 e. The van der Waals surface area contributed by atoms with E-state index >= 15 is 0 Å². The zero-order valence-electron chi connectivity index (χ0n) is 12.0. The van der Waals surface area contributed by atoms with Gasteiger partial charge in [0.2, 0.25) is 0 Å². The van der Waals surface area contributed by atoms with Crippen molar-refractivity contribution in [1.29, 1.82) is 0 Å².